The van der Waals surface area contributed by atoms with Crippen LogP contribution in [0.3, 0.4) is 0 Å². The number of nitrogens with one attached hydrogen (secondary N) is 1. The van der Waals surface area contributed by atoms with E-state index in [1.807, 2.05) is 31.4 Å². The Bertz CT molecular complexity index is 690. The van der Waals surface area contributed by atoms with Crippen LogP contribution in [0.1, 0.15) is 31.1 Å². The van der Waals surface area contributed by atoms with Crippen molar-refractivity contribution in [3.05, 3.63) is 60.3 Å². The van der Waals surface area contributed by atoms with Gasteiger partial charge in [0, 0.05) is 30.8 Å². The Labute approximate surface area is 125 Å². The zero-order valence-corrected chi connectivity index (χ0v) is 12.8. The Hall–Kier alpha value is -2.07. The summed E-state index contributed by atoms with van der Waals surface area (Å²) in [5, 5.41) is 3.38. The SMILES string of the molecule is CNC(c1ccn(Cc2cn3ccccc3n2)c1)C(C)C. The maximum absolute atomic E-state index is 4.64. The predicted octanol–water partition coefficient (Wildman–Crippen LogP) is 3.10. The molecule has 0 saturated heterocycles. The Morgan fingerprint density at radius 2 is 2.00 bits per heavy atom. The van der Waals surface area contributed by atoms with Crippen LogP contribution in [0.25, 0.3) is 5.65 Å². The average Bonchev–Trinajstić information content (AvgIpc) is 3.06. The fraction of sp³-hybridized carbons (Fsp3) is 0.353. The normalized spacial score (nSPS) is 13.1. The van der Waals surface area contributed by atoms with Crippen LogP contribution >= 0.6 is 0 Å². The largest absolute Gasteiger partial charge is 0.348 e. The minimum Gasteiger partial charge on any atom is -0.348 e. The number of rotatable bonds is 5. The van der Waals surface area contributed by atoms with Gasteiger partial charge in [0.05, 0.1) is 12.2 Å². The minimum absolute atomic E-state index is 0.396. The summed E-state index contributed by atoms with van der Waals surface area (Å²) in [5.41, 5.74) is 3.40. The van der Waals surface area contributed by atoms with E-state index < -0.39 is 0 Å². The molecule has 1 atom stereocenters. The number of fused-ring (bicyclic) bond motifs is 1. The highest BCUT2D eigenvalue weighted by atomic mass is 15.0. The molecule has 3 heterocycles. The van der Waals surface area contributed by atoms with Crippen LogP contribution in [0.5, 0.6) is 0 Å². The summed E-state index contributed by atoms with van der Waals surface area (Å²) < 4.78 is 4.26. The number of imidazole rings is 1. The third kappa shape index (κ3) is 2.85. The maximum atomic E-state index is 4.64. The molecule has 1 N–H and O–H groups in total. The molecule has 4 heteroatoms. The van der Waals surface area contributed by atoms with Crippen LogP contribution in [0, 0.1) is 5.92 Å². The molecule has 0 aromatic carbocycles. The Balaban J connectivity index is 1.80. The minimum atomic E-state index is 0.396. The first-order valence-electron chi connectivity index (χ1n) is 7.43. The molecule has 3 aromatic heterocycles. The van der Waals surface area contributed by atoms with Gasteiger partial charge in [0.25, 0.3) is 0 Å². The lowest BCUT2D eigenvalue weighted by Gasteiger charge is -2.18. The second-order valence-corrected chi connectivity index (χ2v) is 5.83. The van der Waals surface area contributed by atoms with Crippen molar-refractivity contribution in [3.8, 4) is 0 Å². The van der Waals surface area contributed by atoms with Gasteiger partial charge in [-0.15, -0.1) is 0 Å². The summed E-state index contributed by atoms with van der Waals surface area (Å²) in [6, 6.07) is 8.65. The van der Waals surface area contributed by atoms with Crippen molar-refractivity contribution in [1.29, 1.82) is 0 Å². The van der Waals surface area contributed by atoms with Gasteiger partial charge in [-0.1, -0.05) is 19.9 Å². The van der Waals surface area contributed by atoms with Gasteiger partial charge in [-0.2, -0.15) is 0 Å². The quantitative estimate of drug-likeness (QED) is 0.780. The Kier molecular flexibility index (Phi) is 3.80. The van der Waals surface area contributed by atoms with Crippen LogP contribution in [0.15, 0.2) is 49.1 Å². The zero-order valence-electron chi connectivity index (χ0n) is 12.8. The van der Waals surface area contributed by atoms with E-state index in [0.717, 1.165) is 17.9 Å². The molecule has 3 rings (SSSR count). The first-order valence-corrected chi connectivity index (χ1v) is 7.43. The van der Waals surface area contributed by atoms with Crippen LogP contribution < -0.4 is 5.32 Å². The van der Waals surface area contributed by atoms with E-state index in [0.29, 0.717) is 12.0 Å². The highest BCUT2D eigenvalue weighted by molar-refractivity contribution is 5.39. The summed E-state index contributed by atoms with van der Waals surface area (Å²) in [7, 11) is 2.02. The van der Waals surface area contributed by atoms with Gasteiger partial charge < -0.3 is 14.3 Å². The monoisotopic (exact) mass is 282 g/mol. The second kappa shape index (κ2) is 5.74. The van der Waals surface area contributed by atoms with Crippen LogP contribution in [-0.2, 0) is 6.54 Å². The third-order valence-electron chi connectivity index (χ3n) is 3.87. The van der Waals surface area contributed by atoms with Crippen LogP contribution in [0.2, 0.25) is 0 Å². The molecule has 110 valence electrons. The van der Waals surface area contributed by atoms with E-state index in [4.69, 9.17) is 0 Å². The van der Waals surface area contributed by atoms with Crippen molar-refractivity contribution < 1.29 is 0 Å². The van der Waals surface area contributed by atoms with Gasteiger partial charge in [0.15, 0.2) is 0 Å². The fourth-order valence-electron chi connectivity index (χ4n) is 2.88. The van der Waals surface area contributed by atoms with E-state index in [1.165, 1.54) is 5.56 Å². The summed E-state index contributed by atoms with van der Waals surface area (Å²) in [4.78, 5) is 4.64. The van der Waals surface area contributed by atoms with Crippen LogP contribution in [0.4, 0.5) is 0 Å². The second-order valence-electron chi connectivity index (χ2n) is 5.83. The molecule has 0 amide bonds. The molecular formula is C17H22N4. The van der Waals surface area contributed by atoms with Gasteiger partial charge in [-0.25, -0.2) is 4.98 Å². The molecule has 4 nitrogen and oxygen atoms in total. The van der Waals surface area contributed by atoms with E-state index in [2.05, 4.69) is 57.8 Å². The van der Waals surface area contributed by atoms with E-state index in [1.54, 1.807) is 0 Å². The van der Waals surface area contributed by atoms with Crippen molar-refractivity contribution in [3.63, 3.8) is 0 Å². The summed E-state index contributed by atoms with van der Waals surface area (Å²) in [6.45, 7) is 5.28. The lowest BCUT2D eigenvalue weighted by Crippen LogP contribution is -2.21. The zero-order chi connectivity index (χ0) is 14.8. The molecule has 0 radical (unpaired) electrons. The standard InChI is InChI=1S/C17H22N4/c1-13(2)17(18-3)14-7-9-20(10-14)11-15-12-21-8-5-4-6-16(21)19-15/h4-10,12-13,17-18H,11H2,1-3H3. The average molecular weight is 282 g/mol. The van der Waals surface area contributed by atoms with Crippen LogP contribution in [-0.4, -0.2) is 21.0 Å². The van der Waals surface area contributed by atoms with Gasteiger partial charge >= 0.3 is 0 Å². The number of nitrogens with zero attached hydrogens (tertiary/aromatic N) is 3. The smallest absolute Gasteiger partial charge is 0.137 e. The van der Waals surface area contributed by atoms with Gasteiger partial charge in [0.1, 0.15) is 5.65 Å². The summed E-state index contributed by atoms with van der Waals surface area (Å²) in [6.07, 6.45) is 8.47. The molecule has 0 saturated carbocycles. The van der Waals surface area contributed by atoms with Crippen molar-refractivity contribution in [2.75, 3.05) is 7.05 Å². The molecule has 0 aliphatic carbocycles. The lowest BCUT2D eigenvalue weighted by atomic mass is 9.99. The molecule has 0 fully saturated rings. The molecule has 1 unspecified atom stereocenters. The van der Waals surface area contributed by atoms with E-state index in [9.17, 15) is 0 Å². The number of hydrogen-bond donors (Lipinski definition) is 1. The maximum Gasteiger partial charge on any atom is 0.137 e. The summed E-state index contributed by atoms with van der Waals surface area (Å²) in [5.74, 6) is 0.570. The van der Waals surface area contributed by atoms with E-state index in [-0.39, 0.29) is 0 Å². The van der Waals surface area contributed by atoms with Gasteiger partial charge in [0.2, 0.25) is 0 Å². The number of hydrogen-bond acceptors (Lipinski definition) is 2. The molecule has 3 aromatic rings. The highest BCUT2D eigenvalue weighted by Gasteiger charge is 2.14. The fourth-order valence-corrected chi connectivity index (χ4v) is 2.88. The third-order valence-corrected chi connectivity index (χ3v) is 3.87. The van der Waals surface area contributed by atoms with Crippen molar-refractivity contribution in [2.45, 2.75) is 26.4 Å². The van der Waals surface area contributed by atoms with Crippen molar-refractivity contribution in [1.82, 2.24) is 19.3 Å². The van der Waals surface area contributed by atoms with E-state index >= 15 is 0 Å². The van der Waals surface area contributed by atoms with Gasteiger partial charge in [-0.3, -0.25) is 0 Å². The molecule has 0 bridgehead atoms. The Morgan fingerprint density at radius 3 is 2.71 bits per heavy atom. The highest BCUT2D eigenvalue weighted by Crippen LogP contribution is 2.21. The molecule has 0 spiro atoms. The summed E-state index contributed by atoms with van der Waals surface area (Å²) >= 11 is 0. The number of aromatic nitrogens is 3. The van der Waals surface area contributed by atoms with Crippen molar-refractivity contribution in [2.24, 2.45) is 5.92 Å². The topological polar surface area (TPSA) is 34.3 Å². The molecule has 21 heavy (non-hydrogen) atoms. The first kappa shape index (κ1) is 13.9. The van der Waals surface area contributed by atoms with Gasteiger partial charge in [-0.05, 0) is 36.7 Å². The Morgan fingerprint density at radius 1 is 1.14 bits per heavy atom. The predicted molar refractivity (Wildman–Crippen MR) is 85.4 cm³/mol. The van der Waals surface area contributed by atoms with Crippen molar-refractivity contribution >= 4 is 5.65 Å². The first-order chi connectivity index (χ1) is 10.2. The molecular weight excluding hydrogens is 260 g/mol. The lowest BCUT2D eigenvalue weighted by molar-refractivity contribution is 0.442. The molecule has 0 aliphatic rings. The number of pyridine rings is 1. The molecule has 0 aliphatic heterocycles.